The van der Waals surface area contributed by atoms with E-state index in [2.05, 4.69) is 0 Å². The van der Waals surface area contributed by atoms with Crippen molar-refractivity contribution in [2.75, 3.05) is 6.54 Å². The van der Waals surface area contributed by atoms with Crippen LogP contribution >= 0.6 is 0 Å². The molecule has 1 N–H and O–H groups in total. The fraction of sp³-hybridized carbons (Fsp3) is 0.625. The molecule has 1 aliphatic carbocycles. The van der Waals surface area contributed by atoms with Crippen LogP contribution in [0.15, 0.2) is 35.2 Å². The van der Waals surface area contributed by atoms with E-state index in [1.54, 1.807) is 28.6 Å². The van der Waals surface area contributed by atoms with Crippen molar-refractivity contribution >= 4 is 10.0 Å². The lowest BCUT2D eigenvalue weighted by Crippen LogP contribution is -2.49. The maximum Gasteiger partial charge on any atom is 0.243 e. The smallest absolute Gasteiger partial charge is 0.243 e. The molecule has 1 aromatic carbocycles. The van der Waals surface area contributed by atoms with Crippen LogP contribution in [0.3, 0.4) is 0 Å². The Morgan fingerprint density at radius 3 is 2.43 bits per heavy atom. The zero-order valence-electron chi connectivity index (χ0n) is 12.2. The van der Waals surface area contributed by atoms with Crippen LogP contribution in [0.1, 0.15) is 38.5 Å². The SMILES string of the molecule is O=S(=O)(c1ccccc1)N1CCCCC1C1CCCC1O. The maximum atomic E-state index is 12.9. The molecule has 0 aromatic heterocycles. The van der Waals surface area contributed by atoms with Crippen molar-refractivity contribution in [3.05, 3.63) is 30.3 Å². The van der Waals surface area contributed by atoms with Gasteiger partial charge in [0.05, 0.1) is 11.0 Å². The van der Waals surface area contributed by atoms with E-state index >= 15 is 0 Å². The maximum absolute atomic E-state index is 12.9. The molecule has 1 aliphatic heterocycles. The van der Waals surface area contributed by atoms with E-state index in [-0.39, 0.29) is 18.1 Å². The largest absolute Gasteiger partial charge is 0.393 e. The topological polar surface area (TPSA) is 57.6 Å². The zero-order chi connectivity index (χ0) is 14.9. The Bertz CT molecular complexity index is 572. The standard InChI is InChI=1S/C16H23NO3S/c18-16-11-6-9-14(16)15-10-4-5-12-17(15)21(19,20)13-7-2-1-3-8-13/h1-3,7-8,14-16,18H,4-6,9-12H2. The number of benzene rings is 1. The van der Waals surface area contributed by atoms with Gasteiger partial charge in [0.2, 0.25) is 10.0 Å². The molecule has 1 heterocycles. The lowest BCUT2D eigenvalue weighted by molar-refractivity contribution is 0.0723. The molecule has 3 atom stereocenters. The highest BCUT2D eigenvalue weighted by Gasteiger charge is 2.41. The van der Waals surface area contributed by atoms with Crippen molar-refractivity contribution in [3.8, 4) is 0 Å². The lowest BCUT2D eigenvalue weighted by atomic mass is 9.89. The summed E-state index contributed by atoms with van der Waals surface area (Å²) in [6.07, 6.45) is 5.23. The van der Waals surface area contributed by atoms with Crippen LogP contribution in [0.2, 0.25) is 0 Å². The molecule has 0 bridgehead atoms. The van der Waals surface area contributed by atoms with Crippen molar-refractivity contribution in [2.45, 2.75) is 55.6 Å². The number of hydrogen-bond donors (Lipinski definition) is 1. The van der Waals surface area contributed by atoms with E-state index in [0.717, 1.165) is 38.5 Å². The Balaban J connectivity index is 1.91. The van der Waals surface area contributed by atoms with Crippen molar-refractivity contribution in [1.29, 1.82) is 0 Å². The molecule has 0 radical (unpaired) electrons. The van der Waals surface area contributed by atoms with Gasteiger partial charge in [-0.3, -0.25) is 0 Å². The van der Waals surface area contributed by atoms with Gasteiger partial charge in [-0.1, -0.05) is 31.0 Å². The van der Waals surface area contributed by atoms with Gasteiger partial charge in [0.1, 0.15) is 0 Å². The molecule has 2 aliphatic rings. The molecule has 1 saturated carbocycles. The Morgan fingerprint density at radius 1 is 1.00 bits per heavy atom. The summed E-state index contributed by atoms with van der Waals surface area (Å²) in [5.74, 6) is 0.101. The van der Waals surface area contributed by atoms with E-state index < -0.39 is 10.0 Å². The minimum absolute atomic E-state index is 0.0403. The Hall–Kier alpha value is -0.910. The van der Waals surface area contributed by atoms with Crippen LogP contribution in [0.4, 0.5) is 0 Å². The quantitative estimate of drug-likeness (QED) is 0.932. The third-order valence-corrected chi connectivity index (χ3v) is 6.81. The van der Waals surface area contributed by atoms with E-state index in [1.165, 1.54) is 0 Å². The Labute approximate surface area is 126 Å². The summed E-state index contributed by atoms with van der Waals surface area (Å²) in [5, 5.41) is 10.2. The molecule has 4 nitrogen and oxygen atoms in total. The van der Waals surface area contributed by atoms with Gasteiger partial charge in [-0.25, -0.2) is 8.42 Å². The number of hydrogen-bond acceptors (Lipinski definition) is 3. The van der Waals surface area contributed by atoms with Gasteiger partial charge in [0.15, 0.2) is 0 Å². The molecule has 1 aromatic rings. The average Bonchev–Trinajstić information content (AvgIpc) is 2.94. The van der Waals surface area contributed by atoms with E-state index in [4.69, 9.17) is 0 Å². The van der Waals surface area contributed by atoms with E-state index in [0.29, 0.717) is 11.4 Å². The van der Waals surface area contributed by atoms with Crippen LogP contribution in [-0.4, -0.2) is 36.5 Å². The summed E-state index contributed by atoms with van der Waals surface area (Å²) in [6.45, 7) is 0.575. The van der Waals surface area contributed by atoms with Crippen molar-refractivity contribution in [1.82, 2.24) is 4.31 Å². The molecule has 116 valence electrons. The fourth-order valence-corrected chi connectivity index (χ4v) is 5.56. The zero-order valence-corrected chi connectivity index (χ0v) is 13.0. The van der Waals surface area contributed by atoms with Crippen LogP contribution in [0.25, 0.3) is 0 Å². The van der Waals surface area contributed by atoms with Crippen molar-refractivity contribution < 1.29 is 13.5 Å². The second-order valence-electron chi connectivity index (χ2n) is 6.15. The van der Waals surface area contributed by atoms with Gasteiger partial charge < -0.3 is 5.11 Å². The van der Waals surface area contributed by atoms with Gasteiger partial charge in [0, 0.05) is 18.5 Å². The molecular formula is C16H23NO3S. The van der Waals surface area contributed by atoms with Gasteiger partial charge in [0.25, 0.3) is 0 Å². The lowest BCUT2D eigenvalue weighted by Gasteiger charge is -2.39. The predicted molar refractivity (Wildman–Crippen MR) is 81.3 cm³/mol. The molecule has 3 unspecified atom stereocenters. The fourth-order valence-electron chi connectivity index (χ4n) is 3.80. The number of nitrogens with zero attached hydrogens (tertiary/aromatic N) is 1. The summed E-state index contributed by atoms with van der Waals surface area (Å²) in [5.41, 5.74) is 0. The first kappa shape index (κ1) is 15.0. The highest BCUT2D eigenvalue weighted by Crippen LogP contribution is 2.37. The molecule has 5 heteroatoms. The average molecular weight is 309 g/mol. The number of aliphatic hydroxyl groups is 1. The van der Waals surface area contributed by atoms with E-state index in [1.807, 2.05) is 6.07 Å². The summed E-state index contributed by atoms with van der Waals surface area (Å²) in [6, 6.07) is 8.62. The van der Waals surface area contributed by atoms with Gasteiger partial charge >= 0.3 is 0 Å². The monoisotopic (exact) mass is 309 g/mol. The number of piperidine rings is 1. The summed E-state index contributed by atoms with van der Waals surface area (Å²) < 4.78 is 27.5. The van der Waals surface area contributed by atoms with Crippen LogP contribution in [0.5, 0.6) is 0 Å². The van der Waals surface area contributed by atoms with Gasteiger partial charge in [-0.2, -0.15) is 4.31 Å². The third kappa shape index (κ3) is 2.87. The van der Waals surface area contributed by atoms with Gasteiger partial charge in [-0.05, 0) is 37.8 Å². The first-order chi connectivity index (χ1) is 10.1. The second-order valence-corrected chi connectivity index (χ2v) is 8.04. The van der Waals surface area contributed by atoms with Crippen LogP contribution in [0, 0.1) is 5.92 Å². The highest BCUT2D eigenvalue weighted by atomic mass is 32.2. The first-order valence-corrected chi connectivity index (χ1v) is 9.29. The van der Waals surface area contributed by atoms with Gasteiger partial charge in [-0.15, -0.1) is 0 Å². The second kappa shape index (κ2) is 6.07. The normalized spacial score (nSPS) is 31.4. The number of sulfonamides is 1. The molecule has 21 heavy (non-hydrogen) atoms. The van der Waals surface area contributed by atoms with Crippen molar-refractivity contribution in [3.63, 3.8) is 0 Å². The number of rotatable bonds is 3. The highest BCUT2D eigenvalue weighted by molar-refractivity contribution is 7.89. The summed E-state index contributed by atoms with van der Waals surface area (Å²) in [4.78, 5) is 0.365. The minimum atomic E-state index is -3.45. The molecule has 0 amide bonds. The molecule has 1 saturated heterocycles. The summed E-state index contributed by atoms with van der Waals surface area (Å²) >= 11 is 0. The Morgan fingerprint density at radius 2 is 1.76 bits per heavy atom. The third-order valence-electron chi connectivity index (χ3n) is 4.87. The molecule has 2 fully saturated rings. The minimum Gasteiger partial charge on any atom is -0.393 e. The molecule has 3 rings (SSSR count). The summed E-state index contributed by atoms with van der Waals surface area (Å²) in [7, 11) is -3.45. The van der Waals surface area contributed by atoms with Crippen LogP contribution in [-0.2, 0) is 10.0 Å². The Kier molecular flexibility index (Phi) is 4.33. The first-order valence-electron chi connectivity index (χ1n) is 7.85. The van der Waals surface area contributed by atoms with Crippen molar-refractivity contribution in [2.24, 2.45) is 5.92 Å². The molecule has 0 spiro atoms. The van der Waals surface area contributed by atoms with E-state index in [9.17, 15) is 13.5 Å². The van der Waals surface area contributed by atoms with Crippen LogP contribution < -0.4 is 0 Å². The molecular weight excluding hydrogens is 286 g/mol. The number of aliphatic hydroxyl groups excluding tert-OH is 1. The predicted octanol–water partition coefficient (Wildman–Crippen LogP) is 2.39.